The second-order valence-electron chi connectivity index (χ2n) is 4.80. The van der Waals surface area contributed by atoms with Crippen molar-refractivity contribution in [3.05, 3.63) is 23.8 Å². The van der Waals surface area contributed by atoms with Crippen molar-refractivity contribution >= 4 is 12.4 Å². The molecule has 0 bridgehead atoms. The van der Waals surface area contributed by atoms with Crippen LogP contribution in [-0.4, -0.2) is 37.4 Å². The van der Waals surface area contributed by atoms with Gasteiger partial charge < -0.3 is 14.8 Å². The van der Waals surface area contributed by atoms with Crippen molar-refractivity contribution < 1.29 is 18.3 Å². The molecule has 2 aliphatic heterocycles. The van der Waals surface area contributed by atoms with E-state index in [0.717, 1.165) is 31.7 Å². The standard InChI is InChI=1S/C13H16F2N2O2.ClH/c1-9(17-7-5-16-6-8-17)10-3-2-4-11-12(10)19-13(14,15)18-11;/h2-4,9,16H,5-8H2,1H3;1H/t9-;/m1./s1. The molecule has 20 heavy (non-hydrogen) atoms. The van der Waals surface area contributed by atoms with Gasteiger partial charge in [-0.1, -0.05) is 12.1 Å². The summed E-state index contributed by atoms with van der Waals surface area (Å²) in [6.45, 7) is 5.60. The van der Waals surface area contributed by atoms with Crippen molar-refractivity contribution in [1.82, 2.24) is 10.2 Å². The van der Waals surface area contributed by atoms with Crippen LogP contribution in [0, 0.1) is 0 Å². The Kier molecular flexibility index (Phi) is 4.36. The number of piperazine rings is 1. The number of benzene rings is 1. The van der Waals surface area contributed by atoms with Crippen molar-refractivity contribution in [2.45, 2.75) is 19.3 Å². The van der Waals surface area contributed by atoms with E-state index in [2.05, 4.69) is 19.7 Å². The van der Waals surface area contributed by atoms with Gasteiger partial charge in [-0.25, -0.2) is 0 Å². The first kappa shape index (κ1) is 15.3. The second-order valence-corrected chi connectivity index (χ2v) is 4.80. The van der Waals surface area contributed by atoms with Gasteiger partial charge in [0.1, 0.15) is 0 Å². The van der Waals surface area contributed by atoms with Crippen LogP contribution in [0.4, 0.5) is 8.78 Å². The summed E-state index contributed by atoms with van der Waals surface area (Å²) in [5.74, 6) is 0.281. The monoisotopic (exact) mass is 306 g/mol. The van der Waals surface area contributed by atoms with Gasteiger partial charge in [0.25, 0.3) is 0 Å². The van der Waals surface area contributed by atoms with Crippen LogP contribution in [0.25, 0.3) is 0 Å². The third kappa shape index (κ3) is 2.82. The van der Waals surface area contributed by atoms with E-state index >= 15 is 0 Å². The summed E-state index contributed by atoms with van der Waals surface area (Å²) in [7, 11) is 0. The van der Waals surface area contributed by atoms with E-state index in [4.69, 9.17) is 0 Å². The lowest BCUT2D eigenvalue weighted by molar-refractivity contribution is -0.287. The molecule has 0 amide bonds. The summed E-state index contributed by atoms with van der Waals surface area (Å²) in [4.78, 5) is 2.24. The molecule has 112 valence electrons. The predicted octanol–water partition coefficient (Wildman–Crippen LogP) is 2.40. The summed E-state index contributed by atoms with van der Waals surface area (Å²) >= 11 is 0. The number of nitrogens with zero attached hydrogens (tertiary/aromatic N) is 1. The van der Waals surface area contributed by atoms with Crippen LogP contribution in [0.1, 0.15) is 18.5 Å². The molecule has 0 saturated carbocycles. The number of hydrogen-bond acceptors (Lipinski definition) is 4. The van der Waals surface area contributed by atoms with Crippen LogP contribution in [0.3, 0.4) is 0 Å². The van der Waals surface area contributed by atoms with Crippen LogP contribution < -0.4 is 14.8 Å². The maximum absolute atomic E-state index is 13.2. The zero-order chi connectivity index (χ0) is 13.5. The van der Waals surface area contributed by atoms with Crippen molar-refractivity contribution in [3.63, 3.8) is 0 Å². The van der Waals surface area contributed by atoms with Gasteiger partial charge in [0, 0.05) is 37.8 Å². The van der Waals surface area contributed by atoms with Crippen LogP contribution in [-0.2, 0) is 0 Å². The molecule has 4 nitrogen and oxygen atoms in total. The van der Waals surface area contributed by atoms with E-state index in [0.29, 0.717) is 0 Å². The quantitative estimate of drug-likeness (QED) is 0.910. The van der Waals surface area contributed by atoms with E-state index in [1.807, 2.05) is 13.0 Å². The molecule has 1 fully saturated rings. The Bertz CT molecular complexity index is 481. The van der Waals surface area contributed by atoms with Gasteiger partial charge in [-0.05, 0) is 13.0 Å². The normalized spacial score (nSPS) is 22.1. The molecule has 0 unspecified atom stereocenters. The fourth-order valence-corrected chi connectivity index (χ4v) is 2.59. The first-order valence-corrected chi connectivity index (χ1v) is 6.40. The Morgan fingerprint density at radius 1 is 1.25 bits per heavy atom. The lowest BCUT2D eigenvalue weighted by Gasteiger charge is -2.33. The SMILES string of the molecule is C[C@H](c1cccc2c1OC(F)(F)O2)N1CCNCC1.Cl. The molecule has 0 spiro atoms. The van der Waals surface area contributed by atoms with Gasteiger partial charge in [-0.3, -0.25) is 4.90 Å². The molecule has 7 heteroatoms. The molecule has 1 atom stereocenters. The highest BCUT2D eigenvalue weighted by Crippen LogP contribution is 2.45. The third-order valence-electron chi connectivity index (χ3n) is 3.61. The molecule has 2 heterocycles. The minimum Gasteiger partial charge on any atom is -0.395 e. The van der Waals surface area contributed by atoms with Crippen molar-refractivity contribution in [2.24, 2.45) is 0 Å². The average Bonchev–Trinajstić information content (AvgIpc) is 2.72. The number of halogens is 3. The Morgan fingerprint density at radius 3 is 2.65 bits per heavy atom. The van der Waals surface area contributed by atoms with Gasteiger partial charge >= 0.3 is 6.29 Å². The van der Waals surface area contributed by atoms with E-state index < -0.39 is 6.29 Å². The Labute approximate surface area is 122 Å². The Morgan fingerprint density at radius 2 is 1.95 bits per heavy atom. The van der Waals surface area contributed by atoms with Crippen LogP contribution in [0.15, 0.2) is 18.2 Å². The number of para-hydroxylation sites is 1. The maximum atomic E-state index is 13.2. The minimum absolute atomic E-state index is 0. The predicted molar refractivity (Wildman–Crippen MR) is 72.8 cm³/mol. The maximum Gasteiger partial charge on any atom is 0.586 e. The summed E-state index contributed by atoms with van der Waals surface area (Å²) in [5.41, 5.74) is 0.747. The van der Waals surface area contributed by atoms with Crippen molar-refractivity contribution in [2.75, 3.05) is 26.2 Å². The van der Waals surface area contributed by atoms with Crippen molar-refractivity contribution in [1.29, 1.82) is 0 Å². The molecular weight excluding hydrogens is 290 g/mol. The van der Waals surface area contributed by atoms with E-state index in [9.17, 15) is 8.78 Å². The van der Waals surface area contributed by atoms with Gasteiger partial charge in [-0.15, -0.1) is 21.2 Å². The molecular formula is C13H17ClF2N2O2. The second kappa shape index (κ2) is 5.71. The number of ether oxygens (including phenoxy) is 2. The number of rotatable bonds is 2. The fourth-order valence-electron chi connectivity index (χ4n) is 2.59. The fraction of sp³-hybridized carbons (Fsp3) is 0.538. The molecule has 2 aliphatic rings. The smallest absolute Gasteiger partial charge is 0.395 e. The van der Waals surface area contributed by atoms with Gasteiger partial charge in [-0.2, -0.15) is 0 Å². The molecule has 0 aromatic heterocycles. The van der Waals surface area contributed by atoms with E-state index in [1.54, 1.807) is 6.07 Å². The number of fused-ring (bicyclic) bond motifs is 1. The lowest BCUT2D eigenvalue weighted by Crippen LogP contribution is -2.44. The zero-order valence-corrected chi connectivity index (χ0v) is 11.9. The molecule has 0 radical (unpaired) electrons. The molecule has 1 aromatic carbocycles. The highest BCUT2D eigenvalue weighted by Gasteiger charge is 2.45. The van der Waals surface area contributed by atoms with Gasteiger partial charge in [0.05, 0.1) is 0 Å². The lowest BCUT2D eigenvalue weighted by atomic mass is 10.0. The summed E-state index contributed by atoms with van der Waals surface area (Å²) in [6, 6.07) is 5.06. The Balaban J connectivity index is 0.00000147. The molecule has 0 aliphatic carbocycles. The molecule has 1 aromatic rings. The topological polar surface area (TPSA) is 33.7 Å². The zero-order valence-electron chi connectivity index (χ0n) is 11.1. The van der Waals surface area contributed by atoms with Crippen LogP contribution >= 0.6 is 12.4 Å². The van der Waals surface area contributed by atoms with Crippen LogP contribution in [0.2, 0.25) is 0 Å². The first-order valence-electron chi connectivity index (χ1n) is 6.40. The van der Waals surface area contributed by atoms with Crippen molar-refractivity contribution in [3.8, 4) is 11.5 Å². The summed E-state index contributed by atoms with van der Waals surface area (Å²) < 4.78 is 35.4. The van der Waals surface area contributed by atoms with E-state index in [-0.39, 0.29) is 29.9 Å². The number of hydrogen-bond donors (Lipinski definition) is 1. The summed E-state index contributed by atoms with van der Waals surface area (Å²) in [6.07, 6.45) is -3.55. The third-order valence-corrected chi connectivity index (χ3v) is 3.61. The molecule has 1 N–H and O–H groups in total. The van der Waals surface area contributed by atoms with E-state index in [1.165, 1.54) is 6.07 Å². The average molecular weight is 307 g/mol. The number of alkyl halides is 2. The van der Waals surface area contributed by atoms with Gasteiger partial charge in [0.15, 0.2) is 11.5 Å². The van der Waals surface area contributed by atoms with Crippen LogP contribution in [0.5, 0.6) is 11.5 Å². The minimum atomic E-state index is -3.55. The highest BCUT2D eigenvalue weighted by molar-refractivity contribution is 5.85. The molecule has 1 saturated heterocycles. The number of nitrogens with one attached hydrogen (secondary N) is 1. The highest BCUT2D eigenvalue weighted by atomic mass is 35.5. The summed E-state index contributed by atoms with van der Waals surface area (Å²) in [5, 5.41) is 3.27. The Hall–Kier alpha value is -1.11. The first-order chi connectivity index (χ1) is 9.07. The largest absolute Gasteiger partial charge is 0.586 e. The van der Waals surface area contributed by atoms with Gasteiger partial charge in [0.2, 0.25) is 0 Å². The molecule has 3 rings (SSSR count).